The summed E-state index contributed by atoms with van der Waals surface area (Å²) in [5.74, 6) is -0.741. The number of benzene rings is 1. The highest BCUT2D eigenvalue weighted by atomic mass is 35.5. The molecule has 15 heavy (non-hydrogen) atoms. The molecule has 4 heteroatoms. The largest absolute Gasteiger partial charge is 0.469 e. The highest BCUT2D eigenvalue weighted by Gasteiger charge is 1.99. The van der Waals surface area contributed by atoms with Crippen LogP contribution in [-0.4, -0.2) is 13.1 Å². The van der Waals surface area contributed by atoms with Gasteiger partial charge in [0.1, 0.15) is 5.82 Å². The van der Waals surface area contributed by atoms with Crippen LogP contribution in [0, 0.1) is 5.82 Å². The molecule has 0 saturated carbocycles. The van der Waals surface area contributed by atoms with E-state index in [4.69, 9.17) is 11.6 Å². The molecule has 0 spiro atoms. The number of hydrogen-bond acceptors (Lipinski definition) is 2. The van der Waals surface area contributed by atoms with Gasteiger partial charge in [-0.05, 0) is 18.2 Å². The van der Waals surface area contributed by atoms with Gasteiger partial charge in [0.15, 0.2) is 0 Å². The molecule has 0 aromatic heterocycles. The fraction of sp³-hybridized carbons (Fsp3) is 0.182. The molecule has 80 valence electrons. The van der Waals surface area contributed by atoms with E-state index in [-0.39, 0.29) is 18.2 Å². The van der Waals surface area contributed by atoms with Gasteiger partial charge >= 0.3 is 5.97 Å². The van der Waals surface area contributed by atoms with Crippen LogP contribution < -0.4 is 0 Å². The first-order valence-corrected chi connectivity index (χ1v) is 4.69. The quantitative estimate of drug-likeness (QED) is 0.744. The number of carbonyl (C=O) groups is 1. The van der Waals surface area contributed by atoms with Crippen LogP contribution in [0.4, 0.5) is 4.39 Å². The van der Waals surface area contributed by atoms with Crippen molar-refractivity contribution in [1.82, 2.24) is 0 Å². The standard InChI is InChI=1S/C11H10ClFO2/c1-15-11(14)4-2-3-8-7-9(12)5-6-10(8)13/h2-3,5-7H,4H2,1H3. The Hall–Kier alpha value is -1.35. The van der Waals surface area contributed by atoms with Gasteiger partial charge in [0.05, 0.1) is 13.5 Å². The van der Waals surface area contributed by atoms with Gasteiger partial charge in [0.2, 0.25) is 0 Å². The summed E-state index contributed by atoms with van der Waals surface area (Å²) >= 11 is 5.69. The number of carbonyl (C=O) groups excluding carboxylic acids is 1. The summed E-state index contributed by atoms with van der Waals surface area (Å²) in [7, 11) is 1.30. The molecule has 0 amide bonds. The zero-order valence-corrected chi connectivity index (χ0v) is 8.92. The summed E-state index contributed by atoms with van der Waals surface area (Å²) in [6.07, 6.45) is 3.14. The Morgan fingerprint density at radius 3 is 3.00 bits per heavy atom. The zero-order valence-electron chi connectivity index (χ0n) is 8.17. The molecular weight excluding hydrogens is 219 g/mol. The Bertz CT molecular complexity index is 388. The molecule has 0 N–H and O–H groups in total. The monoisotopic (exact) mass is 228 g/mol. The van der Waals surface area contributed by atoms with E-state index >= 15 is 0 Å². The van der Waals surface area contributed by atoms with Gasteiger partial charge in [0, 0.05) is 10.6 Å². The van der Waals surface area contributed by atoms with Crippen LogP contribution in [0.5, 0.6) is 0 Å². The van der Waals surface area contributed by atoms with E-state index in [2.05, 4.69) is 4.74 Å². The number of ether oxygens (including phenoxy) is 1. The first-order valence-electron chi connectivity index (χ1n) is 4.32. The summed E-state index contributed by atoms with van der Waals surface area (Å²) in [5, 5.41) is 0.453. The van der Waals surface area contributed by atoms with Gasteiger partial charge in [-0.1, -0.05) is 23.8 Å². The highest BCUT2D eigenvalue weighted by Crippen LogP contribution is 2.16. The van der Waals surface area contributed by atoms with Gasteiger partial charge in [-0.25, -0.2) is 4.39 Å². The first kappa shape index (κ1) is 11.7. The van der Waals surface area contributed by atoms with E-state index in [1.165, 1.54) is 37.5 Å². The van der Waals surface area contributed by atoms with Crippen LogP contribution >= 0.6 is 11.6 Å². The lowest BCUT2D eigenvalue weighted by molar-refractivity contribution is -0.139. The van der Waals surface area contributed by atoms with Crippen molar-refractivity contribution >= 4 is 23.6 Å². The van der Waals surface area contributed by atoms with Crippen molar-refractivity contribution in [2.75, 3.05) is 7.11 Å². The van der Waals surface area contributed by atoms with Crippen molar-refractivity contribution in [2.45, 2.75) is 6.42 Å². The SMILES string of the molecule is COC(=O)CC=Cc1cc(Cl)ccc1F. The molecule has 0 unspecified atom stereocenters. The van der Waals surface area contributed by atoms with E-state index < -0.39 is 0 Å². The Labute approximate surface area is 92.3 Å². The third kappa shape index (κ3) is 3.72. The Morgan fingerprint density at radius 1 is 1.60 bits per heavy atom. The van der Waals surface area contributed by atoms with E-state index in [0.29, 0.717) is 10.6 Å². The van der Waals surface area contributed by atoms with Crippen molar-refractivity contribution in [3.63, 3.8) is 0 Å². The minimum absolute atomic E-state index is 0.114. The average Bonchev–Trinajstić information content (AvgIpc) is 2.23. The molecule has 1 rings (SSSR count). The van der Waals surface area contributed by atoms with Crippen molar-refractivity contribution in [2.24, 2.45) is 0 Å². The predicted molar refractivity (Wildman–Crippen MR) is 57.1 cm³/mol. The molecule has 0 fully saturated rings. The fourth-order valence-corrected chi connectivity index (χ4v) is 1.19. The third-order valence-corrected chi connectivity index (χ3v) is 2.00. The lowest BCUT2D eigenvalue weighted by Gasteiger charge is -1.97. The molecule has 0 aliphatic heterocycles. The molecule has 0 bridgehead atoms. The third-order valence-electron chi connectivity index (χ3n) is 1.77. The maximum absolute atomic E-state index is 13.1. The van der Waals surface area contributed by atoms with Gasteiger partial charge in [0.25, 0.3) is 0 Å². The Balaban J connectivity index is 2.71. The number of methoxy groups -OCH3 is 1. The van der Waals surface area contributed by atoms with Gasteiger partial charge in [-0.3, -0.25) is 4.79 Å². The summed E-state index contributed by atoms with van der Waals surface area (Å²) in [6.45, 7) is 0. The zero-order chi connectivity index (χ0) is 11.3. The number of esters is 1. The van der Waals surface area contributed by atoms with Gasteiger partial charge in [-0.15, -0.1) is 0 Å². The van der Waals surface area contributed by atoms with E-state index in [1.807, 2.05) is 0 Å². The smallest absolute Gasteiger partial charge is 0.309 e. The number of hydrogen-bond donors (Lipinski definition) is 0. The summed E-state index contributed by atoms with van der Waals surface area (Å²) < 4.78 is 17.6. The molecule has 1 aromatic rings. The molecule has 0 radical (unpaired) electrons. The predicted octanol–water partition coefficient (Wildman–Crippen LogP) is 3.06. The second-order valence-electron chi connectivity index (χ2n) is 2.85. The topological polar surface area (TPSA) is 26.3 Å². The molecule has 0 aliphatic carbocycles. The minimum atomic E-state index is -0.375. The van der Waals surface area contributed by atoms with E-state index in [1.54, 1.807) is 0 Å². The number of rotatable bonds is 3. The fourth-order valence-electron chi connectivity index (χ4n) is 1.01. The van der Waals surface area contributed by atoms with Crippen LogP contribution in [-0.2, 0) is 9.53 Å². The van der Waals surface area contributed by atoms with Crippen LogP contribution in [0.2, 0.25) is 5.02 Å². The van der Waals surface area contributed by atoms with Gasteiger partial charge < -0.3 is 4.74 Å². The summed E-state index contributed by atoms with van der Waals surface area (Å²) in [5.41, 5.74) is 0.353. The number of halogens is 2. The van der Waals surface area contributed by atoms with E-state index in [0.717, 1.165) is 0 Å². The Morgan fingerprint density at radius 2 is 2.33 bits per heavy atom. The molecular formula is C11H10ClFO2. The lowest BCUT2D eigenvalue weighted by atomic mass is 10.2. The highest BCUT2D eigenvalue weighted by molar-refractivity contribution is 6.30. The van der Waals surface area contributed by atoms with Crippen molar-refractivity contribution < 1.29 is 13.9 Å². The second-order valence-corrected chi connectivity index (χ2v) is 3.28. The molecule has 1 aromatic carbocycles. The molecule has 2 nitrogen and oxygen atoms in total. The summed E-state index contributed by atoms with van der Waals surface area (Å²) in [6, 6.07) is 4.24. The van der Waals surface area contributed by atoms with Crippen LogP contribution in [0.1, 0.15) is 12.0 Å². The Kier molecular flexibility index (Phi) is 4.31. The maximum Gasteiger partial charge on any atom is 0.309 e. The summed E-state index contributed by atoms with van der Waals surface area (Å²) in [4.78, 5) is 10.8. The van der Waals surface area contributed by atoms with Crippen molar-refractivity contribution in [1.29, 1.82) is 0 Å². The molecule has 0 heterocycles. The van der Waals surface area contributed by atoms with E-state index in [9.17, 15) is 9.18 Å². The van der Waals surface area contributed by atoms with Crippen LogP contribution in [0.3, 0.4) is 0 Å². The molecule has 0 atom stereocenters. The normalized spacial score (nSPS) is 10.6. The maximum atomic E-state index is 13.1. The van der Waals surface area contributed by atoms with Crippen molar-refractivity contribution in [3.05, 3.63) is 40.7 Å². The second kappa shape index (κ2) is 5.51. The minimum Gasteiger partial charge on any atom is -0.469 e. The lowest BCUT2D eigenvalue weighted by Crippen LogP contribution is -1.96. The van der Waals surface area contributed by atoms with Gasteiger partial charge in [-0.2, -0.15) is 0 Å². The van der Waals surface area contributed by atoms with Crippen LogP contribution in [0.15, 0.2) is 24.3 Å². The first-order chi connectivity index (χ1) is 7.13. The van der Waals surface area contributed by atoms with Crippen LogP contribution in [0.25, 0.3) is 6.08 Å². The molecule has 0 saturated heterocycles. The molecule has 0 aliphatic rings. The van der Waals surface area contributed by atoms with Crippen molar-refractivity contribution in [3.8, 4) is 0 Å². The average molecular weight is 229 g/mol.